The molecule has 2 aromatic heterocycles. The molecule has 0 saturated heterocycles. The summed E-state index contributed by atoms with van der Waals surface area (Å²) in [5.74, 6) is -0.389. The number of furan rings is 1. The van der Waals surface area contributed by atoms with Gasteiger partial charge in [0.25, 0.3) is 5.91 Å². The van der Waals surface area contributed by atoms with E-state index in [0.717, 1.165) is 5.69 Å². The summed E-state index contributed by atoms with van der Waals surface area (Å²) in [6.07, 6.45) is 4.67. The van der Waals surface area contributed by atoms with Gasteiger partial charge < -0.3 is 15.1 Å². The van der Waals surface area contributed by atoms with E-state index in [0.29, 0.717) is 12.1 Å². The van der Waals surface area contributed by atoms with Gasteiger partial charge >= 0.3 is 0 Å². The highest BCUT2D eigenvalue weighted by Crippen LogP contribution is 1.99. The summed E-state index contributed by atoms with van der Waals surface area (Å²) in [5.41, 5.74) is 1.24. The maximum atomic E-state index is 11.6. The Bertz CT molecular complexity index is 552. The van der Waals surface area contributed by atoms with Crippen molar-refractivity contribution in [3.63, 3.8) is 0 Å². The van der Waals surface area contributed by atoms with Crippen LogP contribution in [0.25, 0.3) is 0 Å². The van der Waals surface area contributed by atoms with Crippen LogP contribution in [0.15, 0.2) is 47.4 Å². The molecule has 0 aliphatic rings. The van der Waals surface area contributed by atoms with Crippen molar-refractivity contribution < 1.29 is 14.0 Å². The van der Waals surface area contributed by atoms with E-state index in [1.807, 2.05) is 18.2 Å². The van der Waals surface area contributed by atoms with Crippen LogP contribution in [0, 0.1) is 0 Å². The average molecular weight is 273 g/mol. The lowest BCUT2D eigenvalue weighted by molar-refractivity contribution is -0.121. The van der Waals surface area contributed by atoms with Crippen LogP contribution < -0.4 is 10.6 Å². The summed E-state index contributed by atoms with van der Waals surface area (Å²) >= 11 is 0. The largest absolute Gasteiger partial charge is 0.472 e. The number of pyridine rings is 1. The van der Waals surface area contributed by atoms with Gasteiger partial charge in [0, 0.05) is 19.2 Å². The van der Waals surface area contributed by atoms with Crippen molar-refractivity contribution in [2.24, 2.45) is 0 Å². The minimum atomic E-state index is -0.253. The third-order valence-corrected chi connectivity index (χ3v) is 2.61. The second-order valence-electron chi connectivity index (χ2n) is 4.12. The molecule has 2 heterocycles. The van der Waals surface area contributed by atoms with Gasteiger partial charge in [-0.2, -0.15) is 0 Å². The maximum Gasteiger partial charge on any atom is 0.254 e. The minimum absolute atomic E-state index is 0.136. The molecule has 0 saturated carbocycles. The van der Waals surface area contributed by atoms with Crippen molar-refractivity contribution in [2.45, 2.75) is 13.0 Å². The number of nitrogens with zero attached hydrogens (tertiary/aromatic N) is 1. The molecule has 6 nitrogen and oxygen atoms in total. The molecule has 0 spiro atoms. The van der Waals surface area contributed by atoms with E-state index >= 15 is 0 Å². The first kappa shape index (κ1) is 13.8. The fourth-order valence-electron chi connectivity index (χ4n) is 1.57. The number of hydrogen-bond donors (Lipinski definition) is 2. The molecule has 0 radical (unpaired) electrons. The van der Waals surface area contributed by atoms with Crippen LogP contribution in [0.2, 0.25) is 0 Å². The molecule has 6 heteroatoms. The second-order valence-corrected chi connectivity index (χ2v) is 4.12. The molecule has 2 amide bonds. The molecule has 0 aliphatic heterocycles. The Morgan fingerprint density at radius 3 is 2.80 bits per heavy atom. The summed E-state index contributed by atoms with van der Waals surface area (Å²) in [7, 11) is 0. The number of amides is 2. The zero-order valence-corrected chi connectivity index (χ0v) is 10.8. The Balaban J connectivity index is 1.64. The first-order valence-electron chi connectivity index (χ1n) is 6.23. The first-order chi connectivity index (χ1) is 9.75. The quantitative estimate of drug-likeness (QED) is 0.825. The van der Waals surface area contributed by atoms with E-state index in [9.17, 15) is 9.59 Å². The van der Waals surface area contributed by atoms with Gasteiger partial charge in [0.15, 0.2) is 0 Å². The molecule has 0 atom stereocenters. The number of aromatic nitrogens is 1. The normalized spacial score (nSPS) is 10.0. The van der Waals surface area contributed by atoms with Crippen molar-refractivity contribution in [3.8, 4) is 0 Å². The van der Waals surface area contributed by atoms with Crippen molar-refractivity contribution in [3.05, 3.63) is 54.2 Å². The van der Waals surface area contributed by atoms with Crippen LogP contribution in [-0.4, -0.2) is 23.3 Å². The number of carbonyl (C=O) groups excluding carboxylic acids is 2. The molecule has 0 aliphatic carbocycles. The van der Waals surface area contributed by atoms with Gasteiger partial charge in [0.05, 0.1) is 24.1 Å². The summed E-state index contributed by atoms with van der Waals surface area (Å²) in [6.45, 7) is 0.660. The third-order valence-electron chi connectivity index (χ3n) is 2.61. The zero-order valence-electron chi connectivity index (χ0n) is 10.8. The van der Waals surface area contributed by atoms with Gasteiger partial charge in [-0.05, 0) is 18.2 Å². The van der Waals surface area contributed by atoms with E-state index in [-0.39, 0.29) is 24.8 Å². The highest BCUT2D eigenvalue weighted by Gasteiger charge is 2.07. The van der Waals surface area contributed by atoms with Gasteiger partial charge in [0.1, 0.15) is 6.26 Å². The Morgan fingerprint density at radius 1 is 1.20 bits per heavy atom. The molecule has 104 valence electrons. The lowest BCUT2D eigenvalue weighted by Gasteiger charge is -2.05. The van der Waals surface area contributed by atoms with Gasteiger partial charge in [-0.25, -0.2) is 0 Å². The minimum Gasteiger partial charge on any atom is -0.472 e. The van der Waals surface area contributed by atoms with Gasteiger partial charge in [-0.15, -0.1) is 0 Å². The highest BCUT2D eigenvalue weighted by molar-refractivity contribution is 5.93. The van der Waals surface area contributed by atoms with Gasteiger partial charge in [-0.1, -0.05) is 6.07 Å². The molecule has 0 bridgehead atoms. The number of rotatable bonds is 6. The SMILES string of the molecule is O=C(CCNC(=O)c1ccoc1)NCc1ccccn1. The number of hydrogen-bond acceptors (Lipinski definition) is 4. The van der Waals surface area contributed by atoms with Crippen molar-refractivity contribution in [2.75, 3.05) is 6.54 Å². The fourth-order valence-corrected chi connectivity index (χ4v) is 1.57. The Hall–Kier alpha value is -2.63. The Labute approximate surface area is 116 Å². The van der Waals surface area contributed by atoms with Crippen LogP contribution in [-0.2, 0) is 11.3 Å². The van der Waals surface area contributed by atoms with Crippen molar-refractivity contribution in [1.82, 2.24) is 15.6 Å². The van der Waals surface area contributed by atoms with Crippen LogP contribution in [0.4, 0.5) is 0 Å². The molecule has 20 heavy (non-hydrogen) atoms. The molecule has 0 fully saturated rings. The highest BCUT2D eigenvalue weighted by atomic mass is 16.3. The monoisotopic (exact) mass is 273 g/mol. The second kappa shape index (κ2) is 7.08. The third kappa shape index (κ3) is 4.24. The fraction of sp³-hybridized carbons (Fsp3) is 0.214. The van der Waals surface area contributed by atoms with Gasteiger partial charge in [0.2, 0.25) is 5.91 Å². The lowest BCUT2D eigenvalue weighted by Crippen LogP contribution is -2.30. The Kier molecular flexibility index (Phi) is 4.88. The molecule has 0 aromatic carbocycles. The Morgan fingerprint density at radius 2 is 2.10 bits per heavy atom. The van der Waals surface area contributed by atoms with E-state index in [1.165, 1.54) is 12.5 Å². The number of carbonyl (C=O) groups is 2. The van der Waals surface area contributed by atoms with E-state index in [2.05, 4.69) is 15.6 Å². The standard InChI is InChI=1S/C14H15N3O3/c18-13(17-9-12-3-1-2-6-15-12)4-7-16-14(19)11-5-8-20-10-11/h1-3,5-6,8,10H,4,7,9H2,(H,16,19)(H,17,18). The number of nitrogens with one attached hydrogen (secondary N) is 2. The van der Waals surface area contributed by atoms with Crippen LogP contribution in [0.1, 0.15) is 22.5 Å². The maximum absolute atomic E-state index is 11.6. The molecule has 2 N–H and O–H groups in total. The molecule has 2 aromatic rings. The van der Waals surface area contributed by atoms with Crippen LogP contribution in [0.5, 0.6) is 0 Å². The van der Waals surface area contributed by atoms with E-state index < -0.39 is 0 Å². The van der Waals surface area contributed by atoms with Gasteiger partial charge in [-0.3, -0.25) is 14.6 Å². The molecule has 2 rings (SSSR count). The smallest absolute Gasteiger partial charge is 0.254 e. The molecule has 0 unspecified atom stereocenters. The predicted octanol–water partition coefficient (Wildman–Crippen LogP) is 1.11. The van der Waals surface area contributed by atoms with Crippen molar-refractivity contribution >= 4 is 11.8 Å². The summed E-state index contributed by atoms with van der Waals surface area (Å²) < 4.78 is 4.80. The van der Waals surface area contributed by atoms with E-state index in [4.69, 9.17) is 4.42 Å². The predicted molar refractivity (Wildman–Crippen MR) is 71.7 cm³/mol. The lowest BCUT2D eigenvalue weighted by atomic mass is 10.3. The summed E-state index contributed by atoms with van der Waals surface area (Å²) in [5, 5.41) is 5.37. The topological polar surface area (TPSA) is 84.2 Å². The first-order valence-corrected chi connectivity index (χ1v) is 6.23. The van der Waals surface area contributed by atoms with Crippen LogP contribution >= 0.6 is 0 Å². The molecular weight excluding hydrogens is 258 g/mol. The molecular formula is C14H15N3O3. The van der Waals surface area contributed by atoms with E-state index in [1.54, 1.807) is 12.3 Å². The zero-order chi connectivity index (χ0) is 14.2. The average Bonchev–Trinajstić information content (AvgIpc) is 3.00. The summed E-state index contributed by atoms with van der Waals surface area (Å²) in [6, 6.07) is 7.08. The van der Waals surface area contributed by atoms with Crippen LogP contribution in [0.3, 0.4) is 0 Å². The van der Waals surface area contributed by atoms with Crippen molar-refractivity contribution in [1.29, 1.82) is 0 Å². The summed E-state index contributed by atoms with van der Waals surface area (Å²) in [4.78, 5) is 27.2.